The number of hydrogen-bond acceptors (Lipinski definition) is 4. The van der Waals surface area contributed by atoms with Crippen LogP contribution in [0, 0.1) is 0 Å². The summed E-state index contributed by atoms with van der Waals surface area (Å²) in [7, 11) is 5.53. The Morgan fingerprint density at radius 1 is 1.43 bits per heavy atom. The van der Waals surface area contributed by atoms with Gasteiger partial charge in [-0.15, -0.1) is 0 Å². The number of nitrogens with one attached hydrogen (secondary N) is 1. The minimum Gasteiger partial charge on any atom is -0.497 e. The molecule has 0 spiro atoms. The lowest BCUT2D eigenvalue weighted by molar-refractivity contribution is 0.199. The molecular weight excluding hydrogens is 294 g/mol. The van der Waals surface area contributed by atoms with E-state index in [0.29, 0.717) is 13.2 Å². The highest BCUT2D eigenvalue weighted by Gasteiger charge is 2.22. The molecule has 1 aliphatic heterocycles. The summed E-state index contributed by atoms with van der Waals surface area (Å²) in [6.07, 6.45) is 1.81. The minimum atomic E-state index is -0.00770. The van der Waals surface area contributed by atoms with E-state index >= 15 is 0 Å². The van der Waals surface area contributed by atoms with Gasteiger partial charge in [0.1, 0.15) is 11.5 Å². The molecule has 1 N–H and O–H groups in total. The molecule has 0 saturated carbocycles. The Morgan fingerprint density at radius 3 is 2.91 bits per heavy atom. The fourth-order valence-corrected chi connectivity index (χ4v) is 2.62. The quantitative estimate of drug-likeness (QED) is 0.778. The molecule has 1 fully saturated rings. The lowest BCUT2D eigenvalue weighted by Gasteiger charge is -2.21. The second kappa shape index (κ2) is 8.62. The van der Waals surface area contributed by atoms with E-state index < -0.39 is 0 Å². The first-order valence-corrected chi connectivity index (χ1v) is 8.05. The number of carbonyl (C=O) groups excluding carboxylic acids is 1. The smallest absolute Gasteiger partial charge is 0.317 e. The molecule has 2 rings (SSSR count). The first-order valence-electron chi connectivity index (χ1n) is 8.05. The van der Waals surface area contributed by atoms with E-state index in [2.05, 4.69) is 17.3 Å². The molecule has 6 nitrogen and oxygen atoms in total. The number of rotatable bonds is 7. The van der Waals surface area contributed by atoms with Crippen LogP contribution in [0.25, 0.3) is 0 Å². The topological polar surface area (TPSA) is 54.0 Å². The fraction of sp³-hybridized carbons (Fsp3) is 0.588. The largest absolute Gasteiger partial charge is 0.497 e. The van der Waals surface area contributed by atoms with E-state index in [4.69, 9.17) is 9.47 Å². The summed E-state index contributed by atoms with van der Waals surface area (Å²) in [5.74, 6) is 1.56. The summed E-state index contributed by atoms with van der Waals surface area (Å²) in [6, 6.07) is 7.79. The van der Waals surface area contributed by atoms with E-state index in [9.17, 15) is 4.79 Å². The molecule has 0 aromatic heterocycles. The molecule has 1 unspecified atom stereocenters. The number of ether oxygens (including phenoxy) is 2. The predicted molar refractivity (Wildman–Crippen MR) is 90.2 cm³/mol. The molecule has 1 aromatic carbocycles. The number of carbonyl (C=O) groups is 1. The third-order valence-electron chi connectivity index (χ3n) is 4.01. The van der Waals surface area contributed by atoms with Crippen LogP contribution in [0.15, 0.2) is 24.3 Å². The molecule has 1 aliphatic rings. The zero-order chi connectivity index (χ0) is 16.7. The highest BCUT2D eigenvalue weighted by Crippen LogP contribution is 2.18. The van der Waals surface area contributed by atoms with E-state index in [-0.39, 0.29) is 12.1 Å². The summed E-state index contributed by atoms with van der Waals surface area (Å²) in [5.41, 5.74) is 0. The van der Waals surface area contributed by atoms with Gasteiger partial charge in [0.15, 0.2) is 0 Å². The van der Waals surface area contributed by atoms with Gasteiger partial charge in [-0.25, -0.2) is 4.79 Å². The maximum atomic E-state index is 12.1. The van der Waals surface area contributed by atoms with Gasteiger partial charge in [-0.1, -0.05) is 6.07 Å². The lowest BCUT2D eigenvalue weighted by Crippen LogP contribution is -2.44. The Kier molecular flexibility index (Phi) is 6.52. The summed E-state index contributed by atoms with van der Waals surface area (Å²) >= 11 is 0. The van der Waals surface area contributed by atoms with Crippen molar-refractivity contribution in [3.05, 3.63) is 24.3 Å². The number of likely N-dealkylation sites (tertiary alicyclic amines) is 1. The van der Waals surface area contributed by atoms with Crippen molar-refractivity contribution in [1.29, 1.82) is 0 Å². The highest BCUT2D eigenvalue weighted by atomic mass is 16.5. The maximum Gasteiger partial charge on any atom is 0.317 e. The van der Waals surface area contributed by atoms with Crippen LogP contribution in [-0.4, -0.2) is 69.3 Å². The van der Waals surface area contributed by atoms with Gasteiger partial charge in [-0.2, -0.15) is 0 Å². The van der Waals surface area contributed by atoms with Crippen LogP contribution in [0.1, 0.15) is 12.8 Å². The average molecular weight is 321 g/mol. The molecule has 2 amide bonds. The number of likely N-dealkylation sites (N-methyl/N-ethyl adjacent to an activating group) is 1. The van der Waals surface area contributed by atoms with Crippen LogP contribution in [0.5, 0.6) is 11.5 Å². The maximum absolute atomic E-state index is 12.1. The van der Waals surface area contributed by atoms with E-state index in [1.165, 1.54) is 0 Å². The number of benzene rings is 1. The van der Waals surface area contributed by atoms with Gasteiger partial charge in [0.25, 0.3) is 0 Å². The molecule has 23 heavy (non-hydrogen) atoms. The summed E-state index contributed by atoms with van der Waals surface area (Å²) in [5, 5.41) is 3.07. The minimum absolute atomic E-state index is 0.00770. The van der Waals surface area contributed by atoms with Crippen LogP contribution >= 0.6 is 0 Å². The van der Waals surface area contributed by atoms with E-state index in [1.807, 2.05) is 31.3 Å². The summed E-state index contributed by atoms with van der Waals surface area (Å²) in [4.78, 5) is 16.0. The monoisotopic (exact) mass is 321 g/mol. The SMILES string of the molecule is COc1cccc(OCCCN(C)C(=O)NC2CCN(C)C2)c1. The van der Waals surface area contributed by atoms with Crippen molar-refractivity contribution < 1.29 is 14.3 Å². The van der Waals surface area contributed by atoms with Crippen molar-refractivity contribution in [2.45, 2.75) is 18.9 Å². The highest BCUT2D eigenvalue weighted by molar-refractivity contribution is 5.74. The first kappa shape index (κ1) is 17.4. The second-order valence-electron chi connectivity index (χ2n) is 6.00. The van der Waals surface area contributed by atoms with Gasteiger partial charge in [-0.3, -0.25) is 0 Å². The number of hydrogen-bond donors (Lipinski definition) is 1. The van der Waals surface area contributed by atoms with Crippen LogP contribution in [0.4, 0.5) is 4.79 Å². The lowest BCUT2D eigenvalue weighted by atomic mass is 10.3. The Labute approximate surface area is 138 Å². The molecule has 1 saturated heterocycles. The molecule has 0 radical (unpaired) electrons. The van der Waals surface area contributed by atoms with Gasteiger partial charge in [0.05, 0.1) is 13.7 Å². The van der Waals surface area contributed by atoms with Crippen molar-refractivity contribution in [3.8, 4) is 11.5 Å². The Hall–Kier alpha value is -1.95. The summed E-state index contributed by atoms with van der Waals surface area (Å²) in [6.45, 7) is 3.21. The third kappa shape index (κ3) is 5.63. The van der Waals surface area contributed by atoms with Crippen molar-refractivity contribution in [2.75, 3.05) is 47.4 Å². The summed E-state index contributed by atoms with van der Waals surface area (Å²) < 4.78 is 10.8. The van der Waals surface area contributed by atoms with E-state index in [0.717, 1.165) is 37.4 Å². The molecule has 1 atom stereocenters. The van der Waals surface area contributed by atoms with Crippen LogP contribution < -0.4 is 14.8 Å². The number of urea groups is 1. The van der Waals surface area contributed by atoms with Gasteiger partial charge < -0.3 is 24.6 Å². The Morgan fingerprint density at radius 2 is 2.22 bits per heavy atom. The van der Waals surface area contributed by atoms with Crippen LogP contribution in [0.3, 0.4) is 0 Å². The second-order valence-corrected chi connectivity index (χ2v) is 6.00. The number of methoxy groups -OCH3 is 1. The van der Waals surface area contributed by atoms with Crippen molar-refractivity contribution in [1.82, 2.24) is 15.1 Å². The molecule has 1 aromatic rings. The van der Waals surface area contributed by atoms with Crippen molar-refractivity contribution in [2.24, 2.45) is 0 Å². The molecule has 128 valence electrons. The molecule has 0 aliphatic carbocycles. The van der Waals surface area contributed by atoms with Crippen molar-refractivity contribution >= 4 is 6.03 Å². The Bertz CT molecular complexity index is 510. The Balaban J connectivity index is 1.64. The predicted octanol–water partition coefficient (Wildman–Crippen LogP) is 1.81. The van der Waals surface area contributed by atoms with Gasteiger partial charge in [0.2, 0.25) is 0 Å². The normalized spacial score (nSPS) is 17.8. The molecule has 0 bridgehead atoms. The van der Waals surface area contributed by atoms with Gasteiger partial charge in [-0.05, 0) is 38.6 Å². The van der Waals surface area contributed by atoms with Crippen LogP contribution in [-0.2, 0) is 0 Å². The molecule has 1 heterocycles. The zero-order valence-corrected chi connectivity index (χ0v) is 14.2. The van der Waals surface area contributed by atoms with E-state index in [1.54, 1.807) is 12.0 Å². The first-order chi connectivity index (χ1) is 11.1. The number of nitrogens with zero attached hydrogens (tertiary/aromatic N) is 2. The molecule has 6 heteroatoms. The molecular formula is C17H27N3O3. The van der Waals surface area contributed by atoms with Gasteiger partial charge in [0, 0.05) is 32.2 Å². The van der Waals surface area contributed by atoms with Gasteiger partial charge >= 0.3 is 6.03 Å². The van der Waals surface area contributed by atoms with Crippen molar-refractivity contribution in [3.63, 3.8) is 0 Å². The fourth-order valence-electron chi connectivity index (χ4n) is 2.62. The zero-order valence-electron chi connectivity index (χ0n) is 14.2. The number of amides is 2. The third-order valence-corrected chi connectivity index (χ3v) is 4.01. The average Bonchev–Trinajstić information content (AvgIpc) is 2.96. The standard InChI is InChI=1S/C17H27N3O3/c1-19-10-8-14(13-19)18-17(21)20(2)9-5-11-23-16-7-4-6-15(12-16)22-3/h4,6-7,12,14H,5,8-11,13H2,1-3H3,(H,18,21). The van der Waals surface area contributed by atoms with Crippen LogP contribution in [0.2, 0.25) is 0 Å².